The van der Waals surface area contributed by atoms with Crippen molar-refractivity contribution in [1.82, 2.24) is 0 Å². The van der Waals surface area contributed by atoms with Crippen molar-refractivity contribution >= 4 is 5.78 Å². The lowest BCUT2D eigenvalue weighted by molar-refractivity contribution is 0.0936. The van der Waals surface area contributed by atoms with Gasteiger partial charge in [-0.1, -0.05) is 50.6 Å². The predicted octanol–water partition coefficient (Wildman–Crippen LogP) is 4.94. The molecule has 0 N–H and O–H groups in total. The molecule has 1 fully saturated rings. The van der Waals surface area contributed by atoms with Crippen LogP contribution in [-0.2, 0) is 10.8 Å². The molecular weight excluding hydrogens is 256 g/mol. The van der Waals surface area contributed by atoms with Gasteiger partial charge in [-0.3, -0.25) is 4.79 Å². The smallest absolute Gasteiger partial charge is 0.163 e. The van der Waals surface area contributed by atoms with Crippen molar-refractivity contribution < 1.29 is 4.79 Å². The molecule has 0 aromatic heterocycles. The molecule has 110 valence electrons. The first-order valence-electron chi connectivity index (χ1n) is 8.27. The Morgan fingerprint density at radius 2 is 2.05 bits per heavy atom. The standard InChI is InChI=1S/C20H24O/c1-19(2,3)15-5-4-6-16-18(15)17(21)9-10-20(16)12-13-7-8-14(20)11-13/h4-7,14H,8-12H2,1-3H3. The predicted molar refractivity (Wildman–Crippen MR) is 85.8 cm³/mol. The summed E-state index contributed by atoms with van der Waals surface area (Å²) in [7, 11) is 0. The van der Waals surface area contributed by atoms with Gasteiger partial charge in [0.25, 0.3) is 0 Å². The van der Waals surface area contributed by atoms with Crippen molar-refractivity contribution in [3.63, 3.8) is 0 Å². The second kappa shape index (κ2) is 4.09. The summed E-state index contributed by atoms with van der Waals surface area (Å²) in [6.07, 6.45) is 7.94. The molecule has 2 unspecified atom stereocenters. The van der Waals surface area contributed by atoms with Crippen LogP contribution in [0.2, 0.25) is 0 Å². The molecule has 1 heteroatoms. The number of hydrogen-bond acceptors (Lipinski definition) is 1. The zero-order valence-corrected chi connectivity index (χ0v) is 13.3. The van der Waals surface area contributed by atoms with Crippen molar-refractivity contribution in [1.29, 1.82) is 0 Å². The fourth-order valence-electron chi connectivity index (χ4n) is 5.00. The fraction of sp³-hybridized carbons (Fsp3) is 0.550. The number of rotatable bonds is 0. The Bertz CT molecular complexity index is 659. The second-order valence-corrected chi connectivity index (χ2v) is 8.23. The number of fused-ring (bicyclic) bond motifs is 5. The summed E-state index contributed by atoms with van der Waals surface area (Å²) < 4.78 is 0. The van der Waals surface area contributed by atoms with Crippen LogP contribution in [0.3, 0.4) is 0 Å². The van der Waals surface area contributed by atoms with Crippen LogP contribution in [-0.4, -0.2) is 5.78 Å². The number of ketones is 1. The average Bonchev–Trinajstić information content (AvgIpc) is 3.03. The molecule has 1 aromatic rings. The van der Waals surface area contributed by atoms with Crippen LogP contribution < -0.4 is 0 Å². The summed E-state index contributed by atoms with van der Waals surface area (Å²) in [4.78, 5) is 12.7. The molecular formula is C20H24O. The molecule has 3 aliphatic rings. The Kier molecular flexibility index (Phi) is 2.59. The van der Waals surface area contributed by atoms with Gasteiger partial charge < -0.3 is 0 Å². The Morgan fingerprint density at radius 3 is 2.67 bits per heavy atom. The lowest BCUT2D eigenvalue weighted by Gasteiger charge is -2.42. The van der Waals surface area contributed by atoms with Gasteiger partial charge in [0.15, 0.2) is 5.78 Å². The summed E-state index contributed by atoms with van der Waals surface area (Å²) in [5, 5.41) is 0. The Balaban J connectivity index is 1.95. The van der Waals surface area contributed by atoms with E-state index in [-0.39, 0.29) is 10.8 Å². The quantitative estimate of drug-likeness (QED) is 0.615. The van der Waals surface area contributed by atoms with Gasteiger partial charge >= 0.3 is 0 Å². The molecule has 1 spiro atoms. The van der Waals surface area contributed by atoms with Gasteiger partial charge in [0.1, 0.15) is 0 Å². The topological polar surface area (TPSA) is 17.1 Å². The van der Waals surface area contributed by atoms with E-state index in [1.807, 2.05) is 0 Å². The molecule has 1 aromatic carbocycles. The van der Waals surface area contributed by atoms with Crippen LogP contribution in [0.25, 0.3) is 0 Å². The lowest BCUT2D eigenvalue weighted by atomic mass is 9.60. The maximum Gasteiger partial charge on any atom is 0.163 e. The number of benzene rings is 1. The third-order valence-corrected chi connectivity index (χ3v) is 6.01. The highest BCUT2D eigenvalue weighted by Gasteiger charge is 2.51. The first kappa shape index (κ1) is 13.3. The van der Waals surface area contributed by atoms with Crippen LogP contribution in [0, 0.1) is 5.92 Å². The van der Waals surface area contributed by atoms with E-state index in [4.69, 9.17) is 0 Å². The molecule has 0 saturated heterocycles. The van der Waals surface area contributed by atoms with E-state index >= 15 is 0 Å². The number of carbonyl (C=O) groups excluding carboxylic acids is 1. The highest BCUT2D eigenvalue weighted by molar-refractivity contribution is 6.01. The zero-order valence-electron chi connectivity index (χ0n) is 13.3. The van der Waals surface area contributed by atoms with Gasteiger partial charge in [0.05, 0.1) is 0 Å². The summed E-state index contributed by atoms with van der Waals surface area (Å²) in [5.41, 5.74) is 5.65. The van der Waals surface area contributed by atoms with Gasteiger partial charge in [0.2, 0.25) is 0 Å². The van der Waals surface area contributed by atoms with E-state index in [1.54, 1.807) is 5.57 Å². The molecule has 1 nitrogen and oxygen atoms in total. The van der Waals surface area contributed by atoms with E-state index in [2.05, 4.69) is 45.0 Å². The summed E-state index contributed by atoms with van der Waals surface area (Å²) >= 11 is 0. The molecule has 0 aliphatic heterocycles. The summed E-state index contributed by atoms with van der Waals surface area (Å²) in [5.74, 6) is 1.12. The highest BCUT2D eigenvalue weighted by Crippen LogP contribution is 2.59. The van der Waals surface area contributed by atoms with Crippen molar-refractivity contribution in [2.45, 2.75) is 63.7 Å². The number of Topliss-reactive ketones (excluding diaryl/α,β-unsaturated/α-hetero) is 1. The van der Waals surface area contributed by atoms with Crippen LogP contribution >= 0.6 is 0 Å². The number of carbonyl (C=O) groups is 1. The molecule has 1 saturated carbocycles. The molecule has 3 aliphatic carbocycles. The van der Waals surface area contributed by atoms with Crippen molar-refractivity contribution in [3.05, 3.63) is 46.5 Å². The van der Waals surface area contributed by atoms with Crippen molar-refractivity contribution in [2.24, 2.45) is 5.92 Å². The van der Waals surface area contributed by atoms with Gasteiger partial charge in [-0.2, -0.15) is 0 Å². The monoisotopic (exact) mass is 280 g/mol. The van der Waals surface area contributed by atoms with E-state index in [0.29, 0.717) is 5.78 Å². The van der Waals surface area contributed by atoms with Gasteiger partial charge in [-0.05, 0) is 48.1 Å². The molecule has 0 heterocycles. The number of hydrogen-bond donors (Lipinski definition) is 0. The molecule has 2 atom stereocenters. The first-order valence-corrected chi connectivity index (χ1v) is 8.27. The maximum atomic E-state index is 12.7. The third kappa shape index (κ3) is 1.73. The van der Waals surface area contributed by atoms with Gasteiger partial charge in [0, 0.05) is 17.4 Å². The Hall–Kier alpha value is -1.37. The molecule has 21 heavy (non-hydrogen) atoms. The highest BCUT2D eigenvalue weighted by atomic mass is 16.1. The normalized spacial score (nSPS) is 30.7. The van der Waals surface area contributed by atoms with Crippen molar-refractivity contribution in [3.8, 4) is 0 Å². The Morgan fingerprint density at radius 1 is 1.24 bits per heavy atom. The minimum absolute atomic E-state index is 0.0381. The fourth-order valence-corrected chi connectivity index (χ4v) is 5.00. The molecule has 4 rings (SSSR count). The van der Waals surface area contributed by atoms with Crippen LogP contribution in [0.5, 0.6) is 0 Å². The summed E-state index contributed by atoms with van der Waals surface area (Å²) in [6, 6.07) is 6.60. The summed E-state index contributed by atoms with van der Waals surface area (Å²) in [6.45, 7) is 6.67. The minimum Gasteiger partial charge on any atom is -0.294 e. The van der Waals surface area contributed by atoms with E-state index in [9.17, 15) is 4.79 Å². The molecule has 0 radical (unpaired) electrons. The number of allylic oxidation sites excluding steroid dienone is 2. The largest absolute Gasteiger partial charge is 0.294 e. The second-order valence-electron chi connectivity index (χ2n) is 8.23. The van der Waals surface area contributed by atoms with E-state index < -0.39 is 0 Å². The first-order chi connectivity index (χ1) is 9.92. The maximum absolute atomic E-state index is 12.7. The SMILES string of the molecule is CC(C)(C)c1cccc2c1C(=O)CCC21CC2=CCC1C2. The Labute approximate surface area is 127 Å². The molecule has 0 amide bonds. The van der Waals surface area contributed by atoms with Crippen LogP contribution in [0.4, 0.5) is 0 Å². The minimum atomic E-state index is 0.0381. The van der Waals surface area contributed by atoms with Crippen molar-refractivity contribution in [2.75, 3.05) is 0 Å². The van der Waals surface area contributed by atoms with Crippen LogP contribution in [0.15, 0.2) is 29.8 Å². The van der Waals surface area contributed by atoms with E-state index in [0.717, 1.165) is 24.3 Å². The van der Waals surface area contributed by atoms with Crippen LogP contribution in [0.1, 0.15) is 74.4 Å². The average molecular weight is 280 g/mol. The zero-order chi connectivity index (χ0) is 14.8. The van der Waals surface area contributed by atoms with E-state index in [1.165, 1.54) is 30.4 Å². The van der Waals surface area contributed by atoms with Gasteiger partial charge in [-0.15, -0.1) is 0 Å². The molecule has 2 bridgehead atoms. The third-order valence-electron chi connectivity index (χ3n) is 6.01. The lowest BCUT2D eigenvalue weighted by Crippen LogP contribution is -2.38. The van der Waals surface area contributed by atoms with Gasteiger partial charge in [-0.25, -0.2) is 0 Å².